The van der Waals surface area contributed by atoms with E-state index in [0.717, 1.165) is 41.4 Å². The lowest BCUT2D eigenvalue weighted by Crippen LogP contribution is -2.32. The van der Waals surface area contributed by atoms with E-state index in [-0.39, 0.29) is 24.3 Å². The van der Waals surface area contributed by atoms with Gasteiger partial charge in [0, 0.05) is 29.1 Å². The summed E-state index contributed by atoms with van der Waals surface area (Å²) >= 11 is 0. The number of rotatable bonds is 7. The quantitative estimate of drug-likeness (QED) is 0.616. The first kappa shape index (κ1) is 20.2. The number of carbonyl (C=O) groups is 2. The van der Waals surface area contributed by atoms with E-state index >= 15 is 0 Å². The summed E-state index contributed by atoms with van der Waals surface area (Å²) in [6.07, 6.45) is 6.25. The van der Waals surface area contributed by atoms with Gasteiger partial charge in [0.05, 0.1) is 12.7 Å². The first-order valence-electron chi connectivity index (χ1n) is 10.7. The van der Waals surface area contributed by atoms with E-state index in [2.05, 4.69) is 22.8 Å². The van der Waals surface area contributed by atoms with Crippen molar-refractivity contribution < 1.29 is 14.0 Å². The standard InChI is InChI=1S/C25H28N2O3/c1-3-16(2)27-25(29)20-9-4-6-17(10-20)14-26-24(28)13-21-15-30-23-12-19-8-5-7-18(19)11-22(21)23/h4,6,9-12,15-16H,3,5,7-8,13-14H2,1-2H3,(H,26,28)(H,27,29). The smallest absolute Gasteiger partial charge is 0.251 e. The fourth-order valence-electron chi connectivity index (χ4n) is 3.95. The Morgan fingerprint density at radius 3 is 2.73 bits per heavy atom. The van der Waals surface area contributed by atoms with Crippen LogP contribution >= 0.6 is 0 Å². The van der Waals surface area contributed by atoms with E-state index in [1.165, 1.54) is 17.5 Å². The van der Waals surface area contributed by atoms with E-state index in [9.17, 15) is 9.59 Å². The number of carbonyl (C=O) groups excluding carboxylic acids is 2. The van der Waals surface area contributed by atoms with Crippen LogP contribution in [0, 0.1) is 0 Å². The van der Waals surface area contributed by atoms with Crippen LogP contribution in [0.5, 0.6) is 0 Å². The maximum Gasteiger partial charge on any atom is 0.251 e. The summed E-state index contributed by atoms with van der Waals surface area (Å²) in [4.78, 5) is 24.8. The largest absolute Gasteiger partial charge is 0.464 e. The molecule has 3 aromatic rings. The normalized spacial score (nSPS) is 13.8. The Hall–Kier alpha value is -3.08. The van der Waals surface area contributed by atoms with Gasteiger partial charge in [0.25, 0.3) is 5.91 Å². The van der Waals surface area contributed by atoms with Crippen LogP contribution in [0.2, 0.25) is 0 Å². The molecule has 0 fully saturated rings. The first-order valence-corrected chi connectivity index (χ1v) is 10.7. The van der Waals surface area contributed by atoms with Crippen molar-refractivity contribution in [2.45, 2.75) is 58.5 Å². The summed E-state index contributed by atoms with van der Waals surface area (Å²) in [7, 11) is 0. The molecule has 5 nitrogen and oxygen atoms in total. The summed E-state index contributed by atoms with van der Waals surface area (Å²) in [6, 6.07) is 11.8. The molecule has 0 saturated heterocycles. The molecule has 0 spiro atoms. The molecule has 4 rings (SSSR count). The minimum atomic E-state index is -0.0880. The molecule has 1 heterocycles. The van der Waals surface area contributed by atoms with Crippen molar-refractivity contribution in [3.8, 4) is 0 Å². The highest BCUT2D eigenvalue weighted by atomic mass is 16.3. The Balaban J connectivity index is 1.38. The zero-order valence-electron chi connectivity index (χ0n) is 17.6. The number of benzene rings is 2. The maximum atomic E-state index is 12.5. The molecule has 0 saturated carbocycles. The summed E-state index contributed by atoms with van der Waals surface area (Å²) in [5.41, 5.74) is 6.02. The van der Waals surface area contributed by atoms with Gasteiger partial charge in [0.15, 0.2) is 0 Å². The lowest BCUT2D eigenvalue weighted by molar-refractivity contribution is -0.120. The lowest BCUT2D eigenvalue weighted by atomic mass is 10.0. The van der Waals surface area contributed by atoms with Gasteiger partial charge in [-0.2, -0.15) is 0 Å². The van der Waals surface area contributed by atoms with Crippen molar-refractivity contribution >= 4 is 22.8 Å². The highest BCUT2D eigenvalue weighted by molar-refractivity contribution is 5.94. The fourth-order valence-corrected chi connectivity index (χ4v) is 3.95. The van der Waals surface area contributed by atoms with Crippen molar-refractivity contribution in [2.75, 3.05) is 0 Å². The minimum absolute atomic E-state index is 0.0624. The molecule has 30 heavy (non-hydrogen) atoms. The summed E-state index contributed by atoms with van der Waals surface area (Å²) in [6.45, 7) is 4.40. The number of nitrogens with one attached hydrogen (secondary N) is 2. The first-order chi connectivity index (χ1) is 14.5. The van der Waals surface area contributed by atoms with Crippen molar-refractivity contribution in [3.63, 3.8) is 0 Å². The number of hydrogen-bond acceptors (Lipinski definition) is 3. The molecule has 1 aliphatic carbocycles. The Bertz CT molecular complexity index is 1080. The number of furan rings is 1. The van der Waals surface area contributed by atoms with Gasteiger partial charge in [-0.15, -0.1) is 0 Å². The zero-order chi connectivity index (χ0) is 21.1. The molecular formula is C25H28N2O3. The van der Waals surface area contributed by atoms with Gasteiger partial charge in [-0.1, -0.05) is 19.1 Å². The van der Waals surface area contributed by atoms with Crippen LogP contribution in [0.4, 0.5) is 0 Å². The van der Waals surface area contributed by atoms with Crippen LogP contribution in [0.15, 0.2) is 47.1 Å². The molecule has 2 amide bonds. The van der Waals surface area contributed by atoms with Crippen molar-refractivity contribution in [1.29, 1.82) is 0 Å². The highest BCUT2D eigenvalue weighted by Crippen LogP contribution is 2.30. The lowest BCUT2D eigenvalue weighted by Gasteiger charge is -2.12. The molecule has 1 unspecified atom stereocenters. The van der Waals surface area contributed by atoms with Gasteiger partial charge in [0.1, 0.15) is 5.58 Å². The van der Waals surface area contributed by atoms with Crippen LogP contribution in [-0.2, 0) is 30.6 Å². The van der Waals surface area contributed by atoms with Crippen LogP contribution < -0.4 is 10.6 Å². The number of aryl methyl sites for hydroxylation is 2. The maximum absolute atomic E-state index is 12.5. The van der Waals surface area contributed by atoms with Crippen molar-refractivity contribution in [2.24, 2.45) is 0 Å². The molecule has 0 radical (unpaired) electrons. The molecule has 5 heteroatoms. The third-order valence-corrected chi connectivity index (χ3v) is 5.89. The van der Waals surface area contributed by atoms with E-state index in [0.29, 0.717) is 12.1 Å². The van der Waals surface area contributed by atoms with Crippen LogP contribution in [-0.4, -0.2) is 17.9 Å². The second-order valence-electron chi connectivity index (χ2n) is 8.17. The van der Waals surface area contributed by atoms with Gasteiger partial charge >= 0.3 is 0 Å². The van der Waals surface area contributed by atoms with E-state index in [1.54, 1.807) is 12.3 Å². The second kappa shape index (κ2) is 8.74. The SMILES string of the molecule is CCC(C)NC(=O)c1cccc(CNC(=O)Cc2coc3cc4c(cc23)CCC4)c1. The topological polar surface area (TPSA) is 71.3 Å². The van der Waals surface area contributed by atoms with Gasteiger partial charge in [0.2, 0.25) is 5.91 Å². The molecule has 1 aromatic heterocycles. The summed E-state index contributed by atoms with van der Waals surface area (Å²) in [5.74, 6) is -0.150. The molecule has 2 N–H and O–H groups in total. The number of fused-ring (bicyclic) bond motifs is 2. The third kappa shape index (κ3) is 4.40. The van der Waals surface area contributed by atoms with Gasteiger partial charge < -0.3 is 15.1 Å². The van der Waals surface area contributed by atoms with E-state index in [4.69, 9.17) is 4.42 Å². The second-order valence-corrected chi connectivity index (χ2v) is 8.17. The highest BCUT2D eigenvalue weighted by Gasteiger charge is 2.17. The predicted octanol–water partition coefficient (Wildman–Crippen LogP) is 4.31. The predicted molar refractivity (Wildman–Crippen MR) is 117 cm³/mol. The monoisotopic (exact) mass is 404 g/mol. The van der Waals surface area contributed by atoms with Gasteiger partial charge in [-0.25, -0.2) is 0 Å². The van der Waals surface area contributed by atoms with E-state index < -0.39 is 0 Å². The number of amides is 2. The fraction of sp³-hybridized carbons (Fsp3) is 0.360. The van der Waals surface area contributed by atoms with Crippen molar-refractivity contribution in [3.05, 3.63) is 70.5 Å². The van der Waals surface area contributed by atoms with E-state index in [1.807, 2.05) is 32.0 Å². The Morgan fingerprint density at radius 1 is 1.13 bits per heavy atom. The number of hydrogen-bond donors (Lipinski definition) is 2. The molecular weight excluding hydrogens is 376 g/mol. The summed E-state index contributed by atoms with van der Waals surface area (Å²) < 4.78 is 5.70. The van der Waals surface area contributed by atoms with Crippen molar-refractivity contribution in [1.82, 2.24) is 10.6 Å². The molecule has 2 aromatic carbocycles. The van der Waals surface area contributed by atoms with Gasteiger partial charge in [-0.3, -0.25) is 9.59 Å². The molecule has 0 bridgehead atoms. The Kier molecular flexibility index (Phi) is 5.88. The summed E-state index contributed by atoms with van der Waals surface area (Å²) in [5, 5.41) is 6.96. The molecule has 1 atom stereocenters. The molecule has 1 aliphatic rings. The Morgan fingerprint density at radius 2 is 1.93 bits per heavy atom. The molecule has 0 aliphatic heterocycles. The average Bonchev–Trinajstić information content (AvgIpc) is 3.37. The minimum Gasteiger partial charge on any atom is -0.464 e. The van der Waals surface area contributed by atoms with Crippen LogP contribution in [0.1, 0.15) is 59.3 Å². The molecule has 156 valence electrons. The van der Waals surface area contributed by atoms with Crippen LogP contribution in [0.3, 0.4) is 0 Å². The zero-order valence-corrected chi connectivity index (χ0v) is 17.6. The average molecular weight is 405 g/mol. The van der Waals surface area contributed by atoms with Crippen LogP contribution in [0.25, 0.3) is 11.0 Å². The Labute approximate surface area is 176 Å². The third-order valence-electron chi connectivity index (χ3n) is 5.89. The van der Waals surface area contributed by atoms with Gasteiger partial charge in [-0.05, 0) is 73.6 Å².